The van der Waals surface area contributed by atoms with E-state index >= 15 is 0 Å². The van der Waals surface area contributed by atoms with Gasteiger partial charge >= 0.3 is 0 Å². The fourth-order valence-corrected chi connectivity index (χ4v) is 1.70. The number of nitrogens with zero attached hydrogens (tertiary/aromatic N) is 2. The highest BCUT2D eigenvalue weighted by Crippen LogP contribution is 2.12. The van der Waals surface area contributed by atoms with Gasteiger partial charge in [0.15, 0.2) is 0 Å². The van der Waals surface area contributed by atoms with E-state index in [9.17, 15) is 9.18 Å². The van der Waals surface area contributed by atoms with Crippen LogP contribution in [0.2, 0.25) is 0 Å². The molecule has 0 bridgehead atoms. The lowest BCUT2D eigenvalue weighted by atomic mass is 10.1. The summed E-state index contributed by atoms with van der Waals surface area (Å²) >= 11 is 0. The lowest BCUT2D eigenvalue weighted by Gasteiger charge is -2.04. The second-order valence-corrected chi connectivity index (χ2v) is 4.36. The molecule has 0 aliphatic heterocycles. The lowest BCUT2D eigenvalue weighted by molar-refractivity contribution is -0.112. The van der Waals surface area contributed by atoms with Crippen molar-refractivity contribution in [3.8, 4) is 12.1 Å². The molecule has 0 aromatic heterocycles. The average Bonchev–Trinajstić information content (AvgIpc) is 2.55. The van der Waals surface area contributed by atoms with Crippen LogP contribution in [0.3, 0.4) is 0 Å². The Kier molecular flexibility index (Phi) is 4.64. The third-order valence-electron chi connectivity index (χ3n) is 2.82. The van der Waals surface area contributed by atoms with Gasteiger partial charge in [0.1, 0.15) is 17.5 Å². The van der Waals surface area contributed by atoms with Gasteiger partial charge in [-0.3, -0.25) is 4.79 Å². The predicted molar refractivity (Wildman–Crippen MR) is 79.8 cm³/mol. The molecule has 0 saturated carbocycles. The van der Waals surface area contributed by atoms with Crippen LogP contribution >= 0.6 is 0 Å². The van der Waals surface area contributed by atoms with Crippen LogP contribution < -0.4 is 5.32 Å². The molecule has 22 heavy (non-hydrogen) atoms. The molecule has 0 aliphatic carbocycles. The Morgan fingerprint density at radius 2 is 1.68 bits per heavy atom. The molecule has 2 aromatic carbocycles. The van der Waals surface area contributed by atoms with Crippen molar-refractivity contribution < 1.29 is 9.18 Å². The molecule has 2 aromatic rings. The van der Waals surface area contributed by atoms with Crippen LogP contribution in [0.1, 0.15) is 11.1 Å². The van der Waals surface area contributed by atoms with Gasteiger partial charge in [0.25, 0.3) is 5.91 Å². The predicted octanol–water partition coefficient (Wildman–Crippen LogP) is 3.24. The van der Waals surface area contributed by atoms with E-state index < -0.39 is 11.7 Å². The molecular formula is C17H10FN3O. The van der Waals surface area contributed by atoms with Crippen LogP contribution in [0, 0.1) is 28.5 Å². The summed E-state index contributed by atoms with van der Waals surface area (Å²) in [5.41, 5.74) is 1.43. The summed E-state index contributed by atoms with van der Waals surface area (Å²) in [6.07, 6.45) is 1.42. The van der Waals surface area contributed by atoms with Crippen LogP contribution in [-0.4, -0.2) is 5.91 Å². The van der Waals surface area contributed by atoms with Crippen LogP contribution in [0.5, 0.6) is 0 Å². The zero-order chi connectivity index (χ0) is 15.9. The van der Waals surface area contributed by atoms with Gasteiger partial charge in [0.05, 0.1) is 11.6 Å². The first-order valence-electron chi connectivity index (χ1n) is 6.31. The highest BCUT2D eigenvalue weighted by Gasteiger charge is 2.09. The van der Waals surface area contributed by atoms with E-state index in [2.05, 4.69) is 5.32 Å². The van der Waals surface area contributed by atoms with Gasteiger partial charge in [-0.15, -0.1) is 0 Å². The molecule has 0 heterocycles. The number of amides is 1. The summed E-state index contributed by atoms with van der Waals surface area (Å²) in [5, 5.41) is 20.3. The Hall–Kier alpha value is -3.44. The fraction of sp³-hybridized carbons (Fsp3) is 0. The topological polar surface area (TPSA) is 76.7 Å². The monoisotopic (exact) mass is 291 g/mol. The molecule has 0 aliphatic rings. The number of nitriles is 2. The first kappa shape index (κ1) is 15.0. The minimum atomic E-state index is -0.585. The SMILES string of the molecule is N#C/C(=C/c1ccc(C#N)cc1)C(=O)Nc1ccc(F)cc1. The number of carbonyl (C=O) groups excluding carboxylic acids is 1. The molecule has 1 N–H and O–H groups in total. The molecule has 0 spiro atoms. The van der Waals surface area contributed by atoms with Crippen LogP contribution in [0.25, 0.3) is 6.08 Å². The maximum atomic E-state index is 12.8. The number of carbonyl (C=O) groups is 1. The van der Waals surface area contributed by atoms with Crippen molar-refractivity contribution in [3.05, 3.63) is 71.0 Å². The van der Waals surface area contributed by atoms with E-state index in [0.717, 1.165) is 0 Å². The first-order valence-corrected chi connectivity index (χ1v) is 6.31. The van der Waals surface area contributed by atoms with Crippen LogP contribution in [-0.2, 0) is 4.79 Å². The second kappa shape index (κ2) is 6.83. The highest BCUT2D eigenvalue weighted by molar-refractivity contribution is 6.09. The summed E-state index contributed by atoms with van der Waals surface area (Å²) in [6, 6.07) is 15.5. The molecule has 1 amide bonds. The van der Waals surface area contributed by atoms with E-state index in [1.165, 1.54) is 30.3 Å². The Morgan fingerprint density at radius 1 is 1.05 bits per heavy atom. The minimum Gasteiger partial charge on any atom is -0.321 e. The number of nitrogens with one attached hydrogen (secondary N) is 1. The molecule has 0 atom stereocenters. The number of benzene rings is 2. The quantitative estimate of drug-likeness (QED) is 0.696. The van der Waals surface area contributed by atoms with E-state index in [0.29, 0.717) is 16.8 Å². The molecule has 0 fully saturated rings. The summed E-state index contributed by atoms with van der Waals surface area (Å²) < 4.78 is 12.8. The van der Waals surface area contributed by atoms with Gasteiger partial charge in [0.2, 0.25) is 0 Å². The van der Waals surface area contributed by atoms with E-state index in [-0.39, 0.29) is 5.57 Å². The van der Waals surface area contributed by atoms with Crippen molar-refractivity contribution in [3.63, 3.8) is 0 Å². The van der Waals surface area contributed by atoms with Gasteiger partial charge < -0.3 is 5.32 Å². The molecule has 0 radical (unpaired) electrons. The Balaban J connectivity index is 2.17. The smallest absolute Gasteiger partial charge is 0.266 e. The maximum absolute atomic E-state index is 12.8. The van der Waals surface area contributed by atoms with Crippen molar-refractivity contribution in [2.45, 2.75) is 0 Å². The third kappa shape index (κ3) is 3.78. The summed E-state index contributed by atoms with van der Waals surface area (Å²) in [7, 11) is 0. The van der Waals surface area contributed by atoms with Gasteiger partial charge in [-0.1, -0.05) is 12.1 Å². The summed E-state index contributed by atoms with van der Waals surface area (Å²) in [4.78, 5) is 12.0. The molecule has 2 rings (SSSR count). The number of halogens is 1. The summed E-state index contributed by atoms with van der Waals surface area (Å²) in [5.74, 6) is -0.995. The van der Waals surface area contributed by atoms with Crippen LogP contribution in [0.4, 0.5) is 10.1 Å². The van der Waals surface area contributed by atoms with Crippen LogP contribution in [0.15, 0.2) is 54.1 Å². The second-order valence-electron chi connectivity index (χ2n) is 4.36. The van der Waals surface area contributed by atoms with Crippen molar-refractivity contribution in [2.24, 2.45) is 0 Å². The van der Waals surface area contributed by atoms with Gasteiger partial charge in [-0.25, -0.2) is 4.39 Å². The van der Waals surface area contributed by atoms with Crippen molar-refractivity contribution in [1.82, 2.24) is 0 Å². The number of hydrogen-bond acceptors (Lipinski definition) is 3. The molecule has 0 saturated heterocycles. The lowest BCUT2D eigenvalue weighted by Crippen LogP contribution is -2.13. The third-order valence-corrected chi connectivity index (χ3v) is 2.82. The van der Waals surface area contributed by atoms with Crippen molar-refractivity contribution in [1.29, 1.82) is 10.5 Å². The van der Waals surface area contributed by atoms with Gasteiger partial charge in [-0.2, -0.15) is 10.5 Å². The highest BCUT2D eigenvalue weighted by atomic mass is 19.1. The standard InChI is InChI=1S/C17H10FN3O/c18-15-5-7-16(8-6-15)21-17(22)14(11-20)9-12-1-3-13(10-19)4-2-12/h1-9H,(H,21,22)/b14-9-. The largest absolute Gasteiger partial charge is 0.321 e. The Bertz CT molecular complexity index is 794. The van der Waals surface area contributed by atoms with E-state index in [1.807, 2.05) is 12.1 Å². The van der Waals surface area contributed by atoms with E-state index in [4.69, 9.17) is 10.5 Å². The Labute approximate surface area is 126 Å². The number of hydrogen-bond donors (Lipinski definition) is 1. The zero-order valence-electron chi connectivity index (χ0n) is 11.4. The van der Waals surface area contributed by atoms with E-state index in [1.54, 1.807) is 24.3 Å². The van der Waals surface area contributed by atoms with Gasteiger partial charge in [-0.05, 0) is 48.0 Å². The molecule has 4 nitrogen and oxygen atoms in total. The maximum Gasteiger partial charge on any atom is 0.266 e. The minimum absolute atomic E-state index is 0.0889. The van der Waals surface area contributed by atoms with Crippen molar-refractivity contribution in [2.75, 3.05) is 5.32 Å². The zero-order valence-corrected chi connectivity index (χ0v) is 11.4. The number of rotatable bonds is 3. The first-order chi connectivity index (χ1) is 10.6. The number of anilines is 1. The molecule has 106 valence electrons. The Morgan fingerprint density at radius 3 is 2.23 bits per heavy atom. The molecule has 0 unspecified atom stereocenters. The summed E-state index contributed by atoms with van der Waals surface area (Å²) in [6.45, 7) is 0. The average molecular weight is 291 g/mol. The normalized spacial score (nSPS) is 10.4. The fourth-order valence-electron chi connectivity index (χ4n) is 1.70. The van der Waals surface area contributed by atoms with Gasteiger partial charge in [0, 0.05) is 5.69 Å². The van der Waals surface area contributed by atoms with Crippen molar-refractivity contribution >= 4 is 17.7 Å². The molecule has 5 heteroatoms. The molecular weight excluding hydrogens is 281 g/mol.